The van der Waals surface area contributed by atoms with Crippen LogP contribution in [0.5, 0.6) is 0 Å². The smallest absolute Gasteiger partial charge is 0.123 e. The third kappa shape index (κ3) is 2.98. The molecule has 0 atom stereocenters. The second-order valence-corrected chi connectivity index (χ2v) is 7.67. The topological polar surface area (TPSA) is 12.9 Å². The molecule has 0 aliphatic rings. The summed E-state index contributed by atoms with van der Waals surface area (Å²) in [6.07, 6.45) is 0. The highest BCUT2D eigenvalue weighted by Gasteiger charge is 2.12. The van der Waals surface area contributed by atoms with Crippen molar-refractivity contribution in [2.24, 2.45) is 0 Å². The van der Waals surface area contributed by atoms with Gasteiger partial charge in [-0.3, -0.25) is 0 Å². The van der Waals surface area contributed by atoms with Gasteiger partial charge in [0.1, 0.15) is 5.82 Å². The molecule has 0 amide bonds. The Labute approximate surface area is 170 Å². The molecule has 1 aromatic heterocycles. The molecular formula is C25H15BrFN. The van der Waals surface area contributed by atoms with E-state index >= 15 is 0 Å². The second kappa shape index (κ2) is 6.84. The number of pyridine rings is 1. The highest BCUT2D eigenvalue weighted by atomic mass is 79.9. The van der Waals surface area contributed by atoms with Gasteiger partial charge in [0.15, 0.2) is 0 Å². The summed E-state index contributed by atoms with van der Waals surface area (Å²) in [4.78, 5) is 4.90. The summed E-state index contributed by atoms with van der Waals surface area (Å²) in [6, 6.07) is 29.4. The molecule has 0 bridgehead atoms. The standard InChI is InChI=1S/C25H15BrFN/c26-19-10-5-17(6-11-19)22-15-24(18-7-12-20(27)13-8-18)28-23-14-9-16-3-1-2-4-21(16)25(22)23/h1-15H. The summed E-state index contributed by atoms with van der Waals surface area (Å²) in [5, 5.41) is 3.49. The van der Waals surface area contributed by atoms with Gasteiger partial charge in [-0.2, -0.15) is 0 Å². The number of nitrogens with zero attached hydrogens (tertiary/aromatic N) is 1. The van der Waals surface area contributed by atoms with Crippen molar-refractivity contribution >= 4 is 37.6 Å². The van der Waals surface area contributed by atoms with Crippen molar-refractivity contribution in [3.8, 4) is 22.4 Å². The van der Waals surface area contributed by atoms with E-state index in [1.54, 1.807) is 12.1 Å². The molecule has 0 saturated heterocycles. The average molecular weight is 428 g/mol. The Kier molecular flexibility index (Phi) is 4.18. The van der Waals surface area contributed by atoms with E-state index in [-0.39, 0.29) is 5.82 Å². The summed E-state index contributed by atoms with van der Waals surface area (Å²) in [6.45, 7) is 0. The fourth-order valence-corrected chi connectivity index (χ4v) is 3.90. The van der Waals surface area contributed by atoms with Gasteiger partial charge in [-0.25, -0.2) is 9.37 Å². The third-order valence-electron chi connectivity index (χ3n) is 4.99. The number of hydrogen-bond acceptors (Lipinski definition) is 1. The first kappa shape index (κ1) is 17.1. The lowest BCUT2D eigenvalue weighted by atomic mass is 9.94. The minimum Gasteiger partial charge on any atom is -0.248 e. The van der Waals surface area contributed by atoms with Gasteiger partial charge >= 0.3 is 0 Å². The van der Waals surface area contributed by atoms with Crippen LogP contribution < -0.4 is 0 Å². The Bertz CT molecular complexity index is 1310. The normalized spacial score (nSPS) is 11.2. The molecule has 0 fully saturated rings. The van der Waals surface area contributed by atoms with Crippen molar-refractivity contribution in [3.05, 3.63) is 101 Å². The monoisotopic (exact) mass is 427 g/mol. The van der Waals surface area contributed by atoms with Gasteiger partial charge in [-0.1, -0.05) is 58.4 Å². The van der Waals surface area contributed by atoms with Crippen LogP contribution in [0.1, 0.15) is 0 Å². The van der Waals surface area contributed by atoms with Gasteiger partial charge in [0.2, 0.25) is 0 Å². The zero-order valence-electron chi connectivity index (χ0n) is 14.9. The zero-order chi connectivity index (χ0) is 19.1. The highest BCUT2D eigenvalue weighted by molar-refractivity contribution is 9.10. The Hall–Kier alpha value is -3.04. The lowest BCUT2D eigenvalue weighted by Crippen LogP contribution is -1.91. The van der Waals surface area contributed by atoms with Crippen LogP contribution in [-0.4, -0.2) is 4.98 Å². The zero-order valence-corrected chi connectivity index (χ0v) is 16.4. The Morgan fingerprint density at radius 3 is 2.21 bits per heavy atom. The number of hydrogen-bond donors (Lipinski definition) is 0. The first-order valence-electron chi connectivity index (χ1n) is 9.03. The Morgan fingerprint density at radius 1 is 0.714 bits per heavy atom. The van der Waals surface area contributed by atoms with Crippen LogP contribution in [-0.2, 0) is 0 Å². The summed E-state index contributed by atoms with van der Waals surface area (Å²) >= 11 is 3.52. The summed E-state index contributed by atoms with van der Waals surface area (Å²) in [5.74, 6) is -0.247. The van der Waals surface area contributed by atoms with Crippen molar-refractivity contribution < 1.29 is 4.39 Å². The van der Waals surface area contributed by atoms with Crippen molar-refractivity contribution in [1.29, 1.82) is 0 Å². The molecule has 5 aromatic rings. The summed E-state index contributed by atoms with van der Waals surface area (Å²) in [5.41, 5.74) is 4.90. The molecule has 4 aromatic carbocycles. The lowest BCUT2D eigenvalue weighted by molar-refractivity contribution is 0.628. The molecule has 0 radical (unpaired) electrons. The predicted molar refractivity (Wildman–Crippen MR) is 118 cm³/mol. The van der Waals surface area contributed by atoms with Crippen LogP contribution in [0.25, 0.3) is 44.1 Å². The molecule has 0 aliphatic heterocycles. The number of aromatic nitrogens is 1. The van der Waals surface area contributed by atoms with E-state index < -0.39 is 0 Å². The molecule has 1 nitrogen and oxygen atoms in total. The van der Waals surface area contributed by atoms with Crippen molar-refractivity contribution in [2.45, 2.75) is 0 Å². The summed E-state index contributed by atoms with van der Waals surface area (Å²) < 4.78 is 14.4. The van der Waals surface area contributed by atoms with Gasteiger partial charge in [-0.15, -0.1) is 0 Å². The number of halogens is 2. The Morgan fingerprint density at radius 2 is 1.43 bits per heavy atom. The summed E-state index contributed by atoms with van der Waals surface area (Å²) in [7, 11) is 0. The third-order valence-corrected chi connectivity index (χ3v) is 5.52. The first-order valence-corrected chi connectivity index (χ1v) is 9.83. The molecule has 28 heavy (non-hydrogen) atoms. The molecule has 134 valence electrons. The highest BCUT2D eigenvalue weighted by Crippen LogP contribution is 2.36. The minimum absolute atomic E-state index is 0.247. The van der Waals surface area contributed by atoms with Crippen molar-refractivity contribution in [1.82, 2.24) is 4.98 Å². The van der Waals surface area contributed by atoms with Gasteiger partial charge in [0.05, 0.1) is 11.2 Å². The van der Waals surface area contributed by atoms with E-state index in [4.69, 9.17) is 4.98 Å². The van der Waals surface area contributed by atoms with E-state index in [0.29, 0.717) is 0 Å². The van der Waals surface area contributed by atoms with Crippen molar-refractivity contribution in [3.63, 3.8) is 0 Å². The predicted octanol–water partition coefficient (Wildman–Crippen LogP) is 7.62. The van der Waals surface area contributed by atoms with Gasteiger partial charge in [0.25, 0.3) is 0 Å². The van der Waals surface area contributed by atoms with Crippen LogP contribution in [0.2, 0.25) is 0 Å². The molecular weight excluding hydrogens is 413 g/mol. The van der Waals surface area contributed by atoms with Gasteiger partial charge in [0, 0.05) is 15.4 Å². The van der Waals surface area contributed by atoms with Gasteiger partial charge in [-0.05, 0) is 70.4 Å². The van der Waals surface area contributed by atoms with Crippen LogP contribution >= 0.6 is 15.9 Å². The molecule has 0 aliphatic carbocycles. The van der Waals surface area contributed by atoms with E-state index in [1.807, 2.05) is 18.2 Å². The Balaban J connectivity index is 1.87. The molecule has 5 rings (SSSR count). The van der Waals surface area contributed by atoms with E-state index in [9.17, 15) is 4.39 Å². The van der Waals surface area contributed by atoms with E-state index in [1.165, 1.54) is 22.9 Å². The maximum atomic E-state index is 13.4. The van der Waals surface area contributed by atoms with Crippen LogP contribution in [0.3, 0.4) is 0 Å². The van der Waals surface area contributed by atoms with Crippen LogP contribution in [0.15, 0.2) is 95.5 Å². The number of benzene rings is 4. The van der Waals surface area contributed by atoms with Gasteiger partial charge < -0.3 is 0 Å². The molecule has 0 unspecified atom stereocenters. The van der Waals surface area contributed by atoms with E-state index in [2.05, 4.69) is 64.5 Å². The fraction of sp³-hybridized carbons (Fsp3) is 0. The molecule has 1 heterocycles. The average Bonchev–Trinajstić information content (AvgIpc) is 2.74. The number of fused-ring (bicyclic) bond motifs is 3. The fourth-order valence-electron chi connectivity index (χ4n) is 3.63. The van der Waals surface area contributed by atoms with Crippen LogP contribution in [0.4, 0.5) is 4.39 Å². The second-order valence-electron chi connectivity index (χ2n) is 6.75. The first-order chi connectivity index (χ1) is 13.7. The minimum atomic E-state index is -0.247. The van der Waals surface area contributed by atoms with Crippen molar-refractivity contribution in [2.75, 3.05) is 0 Å². The molecule has 3 heteroatoms. The van der Waals surface area contributed by atoms with Crippen LogP contribution in [0, 0.1) is 5.82 Å². The largest absolute Gasteiger partial charge is 0.248 e. The molecule has 0 saturated carbocycles. The maximum absolute atomic E-state index is 13.4. The molecule has 0 spiro atoms. The maximum Gasteiger partial charge on any atom is 0.123 e. The number of rotatable bonds is 2. The lowest BCUT2D eigenvalue weighted by Gasteiger charge is -2.13. The molecule has 0 N–H and O–H groups in total. The quantitative estimate of drug-likeness (QED) is 0.264. The SMILES string of the molecule is Fc1ccc(-c2cc(-c3ccc(Br)cc3)c3c(ccc4ccccc43)n2)cc1. The van der Waals surface area contributed by atoms with E-state index in [0.717, 1.165) is 37.8 Å².